The van der Waals surface area contributed by atoms with Gasteiger partial charge in [0.25, 0.3) is 0 Å². The number of aryl methyl sites for hydroxylation is 3. The molecular weight excluding hydrogens is 435 g/mol. The van der Waals surface area contributed by atoms with Crippen molar-refractivity contribution in [1.29, 1.82) is 0 Å². The summed E-state index contributed by atoms with van der Waals surface area (Å²) in [6, 6.07) is 12.8. The van der Waals surface area contributed by atoms with Crippen LogP contribution in [0, 0.1) is 27.7 Å². The molecule has 0 saturated heterocycles. The number of nitrogens with one attached hydrogen (secondary N) is 2. The number of nitrogens with zero attached hydrogens (tertiary/aromatic N) is 2. The Kier molecular flexibility index (Phi) is 6.83. The van der Waals surface area contributed by atoms with Crippen LogP contribution < -0.4 is 10.7 Å². The molecule has 8 heteroatoms. The molecule has 2 N–H and O–H groups in total. The Morgan fingerprint density at radius 2 is 1.65 bits per heavy atom. The van der Waals surface area contributed by atoms with Gasteiger partial charge >= 0.3 is 11.8 Å². The summed E-state index contributed by atoms with van der Waals surface area (Å²) in [5.41, 5.74) is 8.17. The van der Waals surface area contributed by atoms with E-state index in [4.69, 9.17) is 23.2 Å². The van der Waals surface area contributed by atoms with Gasteiger partial charge < -0.3 is 9.88 Å². The zero-order valence-corrected chi connectivity index (χ0v) is 19.1. The van der Waals surface area contributed by atoms with Crippen LogP contribution in [0.15, 0.2) is 47.6 Å². The molecule has 3 aromatic rings. The molecule has 1 heterocycles. The van der Waals surface area contributed by atoms with Crippen molar-refractivity contribution >= 4 is 46.9 Å². The van der Waals surface area contributed by atoms with E-state index in [9.17, 15) is 9.59 Å². The molecule has 31 heavy (non-hydrogen) atoms. The molecule has 3 rings (SSSR count). The Labute approximate surface area is 190 Å². The number of aromatic nitrogens is 1. The van der Waals surface area contributed by atoms with Crippen molar-refractivity contribution in [1.82, 2.24) is 9.99 Å². The standard InChI is InChI=1S/C23H22Cl2N4O2/c1-13-6-8-19(11-20(13)25)29-15(3)9-17(16(29)4)12-26-28-23(31)22(30)27-21-10-18(24)7-5-14(21)2/h5-12H,1-4H3,(H,27,30)(H,28,31)/b26-12-. The van der Waals surface area contributed by atoms with Crippen molar-refractivity contribution in [3.05, 3.63) is 80.6 Å². The third kappa shape index (κ3) is 5.16. The van der Waals surface area contributed by atoms with Crippen molar-refractivity contribution in [2.24, 2.45) is 5.10 Å². The second-order valence-electron chi connectivity index (χ2n) is 7.21. The van der Waals surface area contributed by atoms with Gasteiger partial charge in [-0.05, 0) is 69.2 Å². The number of hydrazone groups is 1. The molecule has 0 unspecified atom stereocenters. The maximum atomic E-state index is 12.1. The molecule has 0 aliphatic heterocycles. The van der Waals surface area contributed by atoms with Crippen LogP contribution in [0.2, 0.25) is 10.0 Å². The highest BCUT2D eigenvalue weighted by Crippen LogP contribution is 2.24. The van der Waals surface area contributed by atoms with Gasteiger partial charge in [-0.25, -0.2) is 5.43 Å². The van der Waals surface area contributed by atoms with Gasteiger partial charge in [-0.2, -0.15) is 5.10 Å². The first-order valence-corrected chi connectivity index (χ1v) is 10.3. The highest BCUT2D eigenvalue weighted by Gasteiger charge is 2.15. The van der Waals surface area contributed by atoms with Crippen LogP contribution in [-0.4, -0.2) is 22.6 Å². The Bertz CT molecular complexity index is 1200. The maximum Gasteiger partial charge on any atom is 0.329 e. The van der Waals surface area contributed by atoms with Crippen molar-refractivity contribution < 1.29 is 9.59 Å². The summed E-state index contributed by atoms with van der Waals surface area (Å²) in [4.78, 5) is 24.2. The summed E-state index contributed by atoms with van der Waals surface area (Å²) in [6.45, 7) is 7.67. The van der Waals surface area contributed by atoms with E-state index in [0.29, 0.717) is 15.7 Å². The Balaban J connectivity index is 1.71. The monoisotopic (exact) mass is 456 g/mol. The molecule has 2 amide bonds. The van der Waals surface area contributed by atoms with E-state index < -0.39 is 11.8 Å². The molecule has 0 aliphatic carbocycles. The number of benzene rings is 2. The van der Waals surface area contributed by atoms with Gasteiger partial charge in [0.15, 0.2) is 0 Å². The second-order valence-corrected chi connectivity index (χ2v) is 8.05. The number of carbonyl (C=O) groups is 2. The fraction of sp³-hybridized carbons (Fsp3) is 0.174. The first-order chi connectivity index (χ1) is 14.7. The molecule has 1 aromatic heterocycles. The van der Waals surface area contributed by atoms with Crippen LogP contribution >= 0.6 is 23.2 Å². The van der Waals surface area contributed by atoms with Crippen molar-refractivity contribution in [3.8, 4) is 5.69 Å². The zero-order chi connectivity index (χ0) is 22.7. The molecule has 160 valence electrons. The van der Waals surface area contributed by atoms with E-state index in [1.54, 1.807) is 25.1 Å². The lowest BCUT2D eigenvalue weighted by Gasteiger charge is -2.11. The molecule has 0 aliphatic rings. The predicted molar refractivity (Wildman–Crippen MR) is 126 cm³/mol. The lowest BCUT2D eigenvalue weighted by atomic mass is 10.2. The van der Waals surface area contributed by atoms with Crippen LogP contribution in [0.4, 0.5) is 5.69 Å². The molecule has 2 aromatic carbocycles. The average Bonchev–Trinajstić information content (AvgIpc) is 3.00. The Morgan fingerprint density at radius 1 is 0.935 bits per heavy atom. The van der Waals surface area contributed by atoms with E-state index in [1.807, 2.05) is 49.6 Å². The molecule has 0 saturated carbocycles. The van der Waals surface area contributed by atoms with Gasteiger partial charge in [0.1, 0.15) is 0 Å². The number of halogens is 2. The Hall–Kier alpha value is -3.09. The van der Waals surface area contributed by atoms with E-state index in [2.05, 4.69) is 15.8 Å². The summed E-state index contributed by atoms with van der Waals surface area (Å²) in [5, 5.41) is 7.61. The van der Waals surface area contributed by atoms with Crippen LogP contribution in [0.25, 0.3) is 5.69 Å². The minimum absolute atomic E-state index is 0.463. The van der Waals surface area contributed by atoms with Gasteiger partial charge in [0, 0.05) is 38.4 Å². The third-order valence-corrected chi connectivity index (χ3v) is 5.55. The normalized spacial score (nSPS) is 11.0. The third-order valence-electron chi connectivity index (χ3n) is 4.91. The van der Waals surface area contributed by atoms with Crippen LogP contribution in [-0.2, 0) is 9.59 Å². The van der Waals surface area contributed by atoms with E-state index in [1.165, 1.54) is 6.21 Å². The number of anilines is 1. The highest BCUT2D eigenvalue weighted by atomic mass is 35.5. The van der Waals surface area contributed by atoms with Crippen LogP contribution in [0.1, 0.15) is 28.1 Å². The van der Waals surface area contributed by atoms with Crippen molar-refractivity contribution in [2.45, 2.75) is 27.7 Å². The molecule has 0 fully saturated rings. The minimum atomic E-state index is -0.880. The van der Waals surface area contributed by atoms with E-state index in [0.717, 1.165) is 33.8 Å². The SMILES string of the molecule is Cc1ccc(-n2c(C)cc(/C=N\NC(=O)C(=O)Nc3cc(Cl)ccc3C)c2C)cc1Cl. The summed E-state index contributed by atoms with van der Waals surface area (Å²) in [7, 11) is 0. The van der Waals surface area contributed by atoms with E-state index in [-0.39, 0.29) is 0 Å². The average molecular weight is 457 g/mol. The van der Waals surface area contributed by atoms with Gasteiger partial charge in [-0.3, -0.25) is 9.59 Å². The lowest BCUT2D eigenvalue weighted by Crippen LogP contribution is -2.32. The summed E-state index contributed by atoms with van der Waals surface area (Å²) in [5.74, 6) is -1.71. The summed E-state index contributed by atoms with van der Waals surface area (Å²) < 4.78 is 2.04. The first kappa shape index (κ1) is 22.6. The lowest BCUT2D eigenvalue weighted by molar-refractivity contribution is -0.136. The van der Waals surface area contributed by atoms with Gasteiger partial charge in [0.05, 0.1) is 6.21 Å². The van der Waals surface area contributed by atoms with Crippen molar-refractivity contribution in [2.75, 3.05) is 5.32 Å². The van der Waals surface area contributed by atoms with Crippen LogP contribution in [0.3, 0.4) is 0 Å². The Morgan fingerprint density at radius 3 is 2.35 bits per heavy atom. The molecule has 0 atom stereocenters. The number of amides is 2. The first-order valence-electron chi connectivity index (χ1n) is 9.53. The summed E-state index contributed by atoms with van der Waals surface area (Å²) >= 11 is 12.2. The smallest absolute Gasteiger partial charge is 0.318 e. The zero-order valence-electron chi connectivity index (χ0n) is 17.6. The van der Waals surface area contributed by atoms with Crippen molar-refractivity contribution in [3.63, 3.8) is 0 Å². The van der Waals surface area contributed by atoms with Gasteiger partial charge in [-0.1, -0.05) is 35.3 Å². The number of carbonyl (C=O) groups excluding carboxylic acids is 2. The number of hydrogen-bond acceptors (Lipinski definition) is 3. The molecule has 0 radical (unpaired) electrons. The van der Waals surface area contributed by atoms with E-state index >= 15 is 0 Å². The fourth-order valence-electron chi connectivity index (χ4n) is 3.16. The topological polar surface area (TPSA) is 75.5 Å². The highest BCUT2D eigenvalue weighted by molar-refractivity contribution is 6.40. The second kappa shape index (κ2) is 9.37. The number of rotatable bonds is 4. The largest absolute Gasteiger partial charge is 0.329 e. The molecule has 0 spiro atoms. The molecule has 6 nitrogen and oxygen atoms in total. The summed E-state index contributed by atoms with van der Waals surface area (Å²) in [6.07, 6.45) is 1.50. The fourth-order valence-corrected chi connectivity index (χ4v) is 3.50. The van der Waals surface area contributed by atoms with Crippen LogP contribution in [0.5, 0.6) is 0 Å². The van der Waals surface area contributed by atoms with Gasteiger partial charge in [0.2, 0.25) is 0 Å². The van der Waals surface area contributed by atoms with Gasteiger partial charge in [-0.15, -0.1) is 0 Å². The quantitative estimate of drug-likeness (QED) is 0.325. The maximum absolute atomic E-state index is 12.1. The number of hydrogen-bond donors (Lipinski definition) is 2. The molecular formula is C23H22Cl2N4O2. The minimum Gasteiger partial charge on any atom is -0.318 e. The predicted octanol–water partition coefficient (Wildman–Crippen LogP) is 5.11. The molecule has 0 bridgehead atoms.